The molecule has 28 heavy (non-hydrogen) atoms. The summed E-state index contributed by atoms with van der Waals surface area (Å²) in [5.74, 6) is -0.625. The van der Waals surface area contributed by atoms with Gasteiger partial charge in [0.2, 0.25) is 0 Å². The van der Waals surface area contributed by atoms with Gasteiger partial charge in [0, 0.05) is 17.6 Å². The van der Waals surface area contributed by atoms with Crippen LogP contribution in [-0.4, -0.2) is 24.0 Å². The molecular weight excluding hydrogens is 354 g/mol. The van der Waals surface area contributed by atoms with Gasteiger partial charge in [-0.15, -0.1) is 0 Å². The summed E-state index contributed by atoms with van der Waals surface area (Å²) in [6.07, 6.45) is 4.09. The lowest BCUT2D eigenvalue weighted by Crippen LogP contribution is -2.12. The molecule has 0 aliphatic rings. The van der Waals surface area contributed by atoms with Crippen LogP contribution in [0.1, 0.15) is 33.2 Å². The number of hydrogen-bond donors (Lipinski definition) is 2. The van der Waals surface area contributed by atoms with Crippen molar-refractivity contribution in [3.63, 3.8) is 0 Å². The second-order valence-corrected chi connectivity index (χ2v) is 6.16. The van der Waals surface area contributed by atoms with Crippen molar-refractivity contribution < 1.29 is 14.3 Å². The zero-order valence-corrected chi connectivity index (χ0v) is 15.7. The van der Waals surface area contributed by atoms with Gasteiger partial charge in [-0.05, 0) is 54.4 Å². The van der Waals surface area contributed by atoms with E-state index in [-0.39, 0.29) is 11.9 Å². The summed E-state index contributed by atoms with van der Waals surface area (Å²) in [6.45, 7) is 2.08. The molecule has 2 N–H and O–H groups in total. The summed E-state index contributed by atoms with van der Waals surface area (Å²) in [5, 5.41) is 6.04. The van der Waals surface area contributed by atoms with Gasteiger partial charge in [0.25, 0.3) is 5.91 Å². The van der Waals surface area contributed by atoms with Crippen LogP contribution >= 0.6 is 0 Å². The van der Waals surface area contributed by atoms with E-state index < -0.39 is 0 Å². The number of methoxy groups -OCH3 is 1. The maximum atomic E-state index is 12.5. The summed E-state index contributed by atoms with van der Waals surface area (Å²) in [5.41, 5.74) is 4.29. The third-order valence-electron chi connectivity index (χ3n) is 4.22. The average molecular weight is 375 g/mol. The van der Waals surface area contributed by atoms with Gasteiger partial charge in [0.05, 0.1) is 30.1 Å². The number of nitrogens with one attached hydrogen (secondary N) is 2. The van der Waals surface area contributed by atoms with Crippen molar-refractivity contribution in [2.45, 2.75) is 13.3 Å². The predicted molar refractivity (Wildman–Crippen MR) is 109 cm³/mol. The number of anilines is 3. The van der Waals surface area contributed by atoms with Crippen LogP contribution < -0.4 is 10.6 Å². The number of hydrogen-bond acceptors (Lipinski definition) is 5. The second kappa shape index (κ2) is 8.81. The molecule has 3 aromatic rings. The fourth-order valence-corrected chi connectivity index (χ4v) is 2.63. The maximum Gasteiger partial charge on any atom is 0.337 e. The number of carbonyl (C=O) groups is 2. The number of benzene rings is 2. The van der Waals surface area contributed by atoms with Gasteiger partial charge >= 0.3 is 5.97 Å². The van der Waals surface area contributed by atoms with Crippen molar-refractivity contribution in [3.8, 4) is 0 Å². The van der Waals surface area contributed by atoms with Crippen molar-refractivity contribution >= 4 is 28.9 Å². The largest absolute Gasteiger partial charge is 0.465 e. The Hall–Kier alpha value is -3.67. The third kappa shape index (κ3) is 4.73. The van der Waals surface area contributed by atoms with Gasteiger partial charge in [0.15, 0.2) is 0 Å². The molecule has 3 rings (SSSR count). The third-order valence-corrected chi connectivity index (χ3v) is 4.22. The first-order valence-electron chi connectivity index (χ1n) is 8.90. The molecule has 0 aliphatic heterocycles. The van der Waals surface area contributed by atoms with Gasteiger partial charge in [-0.25, -0.2) is 4.79 Å². The molecule has 6 heteroatoms. The average Bonchev–Trinajstić information content (AvgIpc) is 2.74. The van der Waals surface area contributed by atoms with Crippen LogP contribution in [0.2, 0.25) is 0 Å². The topological polar surface area (TPSA) is 80.3 Å². The van der Waals surface area contributed by atoms with E-state index in [0.29, 0.717) is 16.8 Å². The lowest BCUT2D eigenvalue weighted by Gasteiger charge is -2.09. The Balaban J connectivity index is 1.69. The zero-order valence-electron chi connectivity index (χ0n) is 15.7. The number of ether oxygens (including phenoxy) is 1. The standard InChI is InChI=1S/C22H21N3O3/c1-3-15-4-8-19(9-5-15)25-21(26)17-12-20(14-23-13-17)24-18-10-6-16(7-11-18)22(27)28-2/h4-14,24H,3H2,1-2H3,(H,25,26). The van der Waals surface area contributed by atoms with Crippen LogP contribution in [0.3, 0.4) is 0 Å². The van der Waals surface area contributed by atoms with Crippen molar-refractivity contribution in [1.82, 2.24) is 4.98 Å². The quantitative estimate of drug-likeness (QED) is 0.623. The number of aromatic nitrogens is 1. The highest BCUT2D eigenvalue weighted by Gasteiger charge is 2.09. The first-order chi connectivity index (χ1) is 13.6. The Morgan fingerprint density at radius 2 is 1.57 bits per heavy atom. The summed E-state index contributed by atoms with van der Waals surface area (Å²) in [4.78, 5) is 28.1. The van der Waals surface area contributed by atoms with E-state index in [1.165, 1.54) is 18.9 Å². The Labute approximate surface area is 163 Å². The number of aryl methyl sites for hydroxylation is 1. The Morgan fingerprint density at radius 1 is 0.893 bits per heavy atom. The van der Waals surface area contributed by atoms with E-state index in [2.05, 4.69) is 27.3 Å². The molecule has 0 atom stereocenters. The molecule has 2 aromatic carbocycles. The molecular formula is C22H21N3O3. The van der Waals surface area contributed by atoms with Crippen molar-refractivity contribution in [2.75, 3.05) is 17.7 Å². The molecule has 1 amide bonds. The molecule has 1 aromatic heterocycles. The molecule has 0 saturated heterocycles. The van der Waals surface area contributed by atoms with Gasteiger partial charge in [-0.2, -0.15) is 0 Å². The first kappa shape index (κ1) is 19.1. The van der Waals surface area contributed by atoms with E-state index in [0.717, 1.165) is 17.8 Å². The van der Waals surface area contributed by atoms with E-state index in [1.807, 2.05) is 24.3 Å². The van der Waals surface area contributed by atoms with E-state index in [4.69, 9.17) is 0 Å². The molecule has 142 valence electrons. The predicted octanol–water partition coefficient (Wildman–Crippen LogP) is 4.43. The maximum absolute atomic E-state index is 12.5. The molecule has 0 radical (unpaired) electrons. The summed E-state index contributed by atoms with van der Waals surface area (Å²) >= 11 is 0. The molecule has 1 heterocycles. The number of esters is 1. The minimum absolute atomic E-state index is 0.235. The van der Waals surface area contributed by atoms with Crippen LogP contribution in [0, 0.1) is 0 Å². The zero-order chi connectivity index (χ0) is 19.9. The fraction of sp³-hybridized carbons (Fsp3) is 0.136. The number of nitrogens with zero attached hydrogens (tertiary/aromatic N) is 1. The second-order valence-electron chi connectivity index (χ2n) is 6.16. The van der Waals surface area contributed by atoms with E-state index in [1.54, 1.807) is 36.5 Å². The van der Waals surface area contributed by atoms with Gasteiger partial charge in [0.1, 0.15) is 0 Å². The summed E-state index contributed by atoms with van der Waals surface area (Å²) in [6, 6.07) is 16.3. The number of carbonyl (C=O) groups excluding carboxylic acids is 2. The van der Waals surface area contributed by atoms with Gasteiger partial charge in [-0.3, -0.25) is 9.78 Å². The molecule has 0 fully saturated rings. The Bertz CT molecular complexity index is 967. The van der Waals surface area contributed by atoms with Crippen molar-refractivity contribution in [2.24, 2.45) is 0 Å². The van der Waals surface area contributed by atoms with Crippen LogP contribution in [0.4, 0.5) is 17.1 Å². The minimum atomic E-state index is -0.390. The summed E-state index contributed by atoms with van der Waals surface area (Å²) < 4.78 is 4.68. The minimum Gasteiger partial charge on any atom is -0.465 e. The molecule has 0 spiro atoms. The molecule has 0 unspecified atom stereocenters. The molecule has 0 bridgehead atoms. The monoisotopic (exact) mass is 375 g/mol. The summed E-state index contributed by atoms with van der Waals surface area (Å²) in [7, 11) is 1.34. The molecule has 0 saturated carbocycles. The van der Waals surface area contributed by atoms with E-state index >= 15 is 0 Å². The highest BCUT2D eigenvalue weighted by molar-refractivity contribution is 6.04. The Morgan fingerprint density at radius 3 is 2.21 bits per heavy atom. The smallest absolute Gasteiger partial charge is 0.337 e. The fourth-order valence-electron chi connectivity index (χ4n) is 2.63. The lowest BCUT2D eigenvalue weighted by molar-refractivity contribution is 0.0600. The highest BCUT2D eigenvalue weighted by atomic mass is 16.5. The van der Waals surface area contributed by atoms with Crippen molar-refractivity contribution in [3.05, 3.63) is 83.7 Å². The molecule has 0 aliphatic carbocycles. The number of pyridine rings is 1. The first-order valence-corrected chi connectivity index (χ1v) is 8.90. The number of amides is 1. The number of rotatable bonds is 6. The van der Waals surface area contributed by atoms with Crippen LogP contribution in [0.25, 0.3) is 0 Å². The van der Waals surface area contributed by atoms with Crippen LogP contribution in [-0.2, 0) is 11.2 Å². The molecule has 6 nitrogen and oxygen atoms in total. The SMILES string of the molecule is CCc1ccc(NC(=O)c2cncc(Nc3ccc(C(=O)OC)cc3)c2)cc1. The van der Waals surface area contributed by atoms with Gasteiger partial charge in [-0.1, -0.05) is 19.1 Å². The van der Waals surface area contributed by atoms with Crippen LogP contribution in [0.15, 0.2) is 67.0 Å². The van der Waals surface area contributed by atoms with Crippen LogP contribution in [0.5, 0.6) is 0 Å². The highest BCUT2D eigenvalue weighted by Crippen LogP contribution is 2.19. The normalized spacial score (nSPS) is 10.2. The lowest BCUT2D eigenvalue weighted by atomic mass is 10.1. The Kier molecular flexibility index (Phi) is 6.01. The van der Waals surface area contributed by atoms with Gasteiger partial charge < -0.3 is 15.4 Å². The van der Waals surface area contributed by atoms with Crippen molar-refractivity contribution in [1.29, 1.82) is 0 Å². The van der Waals surface area contributed by atoms with E-state index in [9.17, 15) is 9.59 Å².